The molecule has 0 aliphatic carbocycles. The van der Waals surface area contributed by atoms with Crippen LogP contribution in [0.3, 0.4) is 0 Å². The van der Waals surface area contributed by atoms with Crippen molar-refractivity contribution in [3.63, 3.8) is 0 Å². The van der Waals surface area contributed by atoms with Crippen LogP contribution in [-0.2, 0) is 26.4 Å². The summed E-state index contributed by atoms with van der Waals surface area (Å²) in [4.78, 5) is 4.42. The van der Waals surface area contributed by atoms with Crippen LogP contribution in [-0.4, -0.2) is 26.4 Å². The van der Waals surface area contributed by atoms with Gasteiger partial charge in [-0.3, -0.25) is 4.68 Å². The summed E-state index contributed by atoms with van der Waals surface area (Å²) in [6.45, 7) is 4.99. The van der Waals surface area contributed by atoms with Crippen LogP contribution in [0.5, 0.6) is 0 Å². The second-order valence-electron chi connectivity index (χ2n) is 4.82. The Hall–Kier alpha value is -1.33. The van der Waals surface area contributed by atoms with E-state index in [4.69, 9.17) is 11.6 Å². The monoisotopic (exact) mass is 295 g/mol. The summed E-state index contributed by atoms with van der Waals surface area (Å²) in [6.07, 6.45) is 5.40. The fourth-order valence-corrected chi connectivity index (χ4v) is 2.79. The van der Waals surface area contributed by atoms with Crippen molar-refractivity contribution in [2.45, 2.75) is 39.3 Å². The molecule has 1 unspecified atom stereocenters. The molecule has 0 bridgehead atoms. The van der Waals surface area contributed by atoms with Gasteiger partial charge < -0.3 is 9.88 Å². The predicted octanol–water partition coefficient (Wildman–Crippen LogP) is 2.36. The lowest BCUT2D eigenvalue weighted by Crippen LogP contribution is -2.23. The van der Waals surface area contributed by atoms with E-state index in [1.54, 1.807) is 0 Å². The molecule has 0 aliphatic rings. The summed E-state index contributed by atoms with van der Waals surface area (Å²) in [5.41, 5.74) is 2.05. The molecular formula is C14H22ClN5. The molecule has 0 amide bonds. The molecule has 2 aromatic heterocycles. The normalized spacial score (nSPS) is 12.8. The number of hydrogen-bond acceptors (Lipinski definition) is 3. The summed E-state index contributed by atoms with van der Waals surface area (Å²) in [5.74, 6) is 1.01. The Morgan fingerprint density at radius 1 is 1.40 bits per heavy atom. The second kappa shape index (κ2) is 6.41. The lowest BCUT2D eigenvalue weighted by atomic mass is 10.1. The average Bonchev–Trinajstić information content (AvgIpc) is 3.00. The Labute approximate surface area is 125 Å². The van der Waals surface area contributed by atoms with E-state index in [-0.39, 0.29) is 6.04 Å². The number of aryl methyl sites for hydroxylation is 3. The van der Waals surface area contributed by atoms with Gasteiger partial charge in [0.05, 0.1) is 22.5 Å². The maximum Gasteiger partial charge on any atom is 0.125 e. The number of nitrogens with one attached hydrogen (secondary N) is 1. The zero-order valence-corrected chi connectivity index (χ0v) is 13.3. The third kappa shape index (κ3) is 2.74. The predicted molar refractivity (Wildman–Crippen MR) is 81.0 cm³/mol. The van der Waals surface area contributed by atoms with Crippen molar-refractivity contribution in [2.24, 2.45) is 7.05 Å². The number of nitrogens with zero attached hydrogens (tertiary/aromatic N) is 4. The fourth-order valence-electron chi connectivity index (χ4n) is 2.44. The van der Waals surface area contributed by atoms with Gasteiger partial charge in [-0.05, 0) is 20.4 Å². The van der Waals surface area contributed by atoms with Gasteiger partial charge in [0, 0.05) is 32.4 Å². The molecule has 2 aromatic rings. The number of halogens is 1. The lowest BCUT2D eigenvalue weighted by Gasteiger charge is -2.17. The van der Waals surface area contributed by atoms with Crippen LogP contribution in [0.2, 0.25) is 5.02 Å². The van der Waals surface area contributed by atoms with Crippen molar-refractivity contribution in [2.75, 3.05) is 7.05 Å². The Morgan fingerprint density at radius 2 is 2.15 bits per heavy atom. The number of likely N-dealkylation sites (N-methyl/N-ethyl adjacent to an activating group) is 1. The van der Waals surface area contributed by atoms with E-state index in [1.165, 1.54) is 0 Å². The number of aromatic nitrogens is 4. The van der Waals surface area contributed by atoms with Crippen LogP contribution in [0, 0.1) is 0 Å². The molecule has 0 saturated heterocycles. The molecule has 0 aliphatic heterocycles. The van der Waals surface area contributed by atoms with Gasteiger partial charge >= 0.3 is 0 Å². The van der Waals surface area contributed by atoms with Gasteiger partial charge in [0.1, 0.15) is 5.82 Å². The van der Waals surface area contributed by atoms with E-state index in [0.29, 0.717) is 0 Å². The maximum absolute atomic E-state index is 6.47. The van der Waals surface area contributed by atoms with Crippen molar-refractivity contribution >= 4 is 11.6 Å². The molecular weight excluding hydrogens is 274 g/mol. The average molecular weight is 296 g/mol. The molecule has 0 fully saturated rings. The van der Waals surface area contributed by atoms with Gasteiger partial charge in [-0.25, -0.2) is 4.98 Å². The number of rotatable bonds is 6. The highest BCUT2D eigenvalue weighted by molar-refractivity contribution is 6.31. The second-order valence-corrected chi connectivity index (χ2v) is 5.20. The van der Waals surface area contributed by atoms with Crippen molar-refractivity contribution in [1.29, 1.82) is 0 Å². The van der Waals surface area contributed by atoms with Crippen LogP contribution in [0.15, 0.2) is 12.4 Å². The summed E-state index contributed by atoms with van der Waals surface area (Å²) in [7, 11) is 3.95. The first kappa shape index (κ1) is 15.1. The molecule has 6 heteroatoms. The van der Waals surface area contributed by atoms with E-state index in [9.17, 15) is 0 Å². The Bertz CT molecular complexity index is 572. The first-order valence-electron chi connectivity index (χ1n) is 7.00. The summed E-state index contributed by atoms with van der Waals surface area (Å²) in [6, 6.07) is 0.124. The molecule has 0 radical (unpaired) electrons. The lowest BCUT2D eigenvalue weighted by molar-refractivity contribution is 0.507. The van der Waals surface area contributed by atoms with Crippen molar-refractivity contribution in [3.8, 4) is 0 Å². The highest BCUT2D eigenvalue weighted by Crippen LogP contribution is 2.26. The minimum absolute atomic E-state index is 0.124. The molecule has 110 valence electrons. The van der Waals surface area contributed by atoms with Crippen LogP contribution in [0.1, 0.15) is 37.1 Å². The van der Waals surface area contributed by atoms with E-state index in [1.807, 2.05) is 35.7 Å². The quantitative estimate of drug-likeness (QED) is 0.890. The number of hydrogen-bond donors (Lipinski definition) is 1. The largest absolute Gasteiger partial charge is 0.337 e. The molecule has 0 saturated carbocycles. The zero-order chi connectivity index (χ0) is 14.7. The standard InChI is InChI=1S/C14H22ClN5/c1-5-10-13(15)12(20(6-2)18-10)9-11(16-3)14-17-7-8-19(14)4/h7-8,11,16H,5-6,9H2,1-4H3. The van der Waals surface area contributed by atoms with Gasteiger partial charge in [0.15, 0.2) is 0 Å². The maximum atomic E-state index is 6.47. The first-order valence-corrected chi connectivity index (χ1v) is 7.38. The van der Waals surface area contributed by atoms with Gasteiger partial charge in [0.25, 0.3) is 0 Å². The van der Waals surface area contributed by atoms with E-state index >= 15 is 0 Å². The molecule has 2 heterocycles. The molecule has 1 N–H and O–H groups in total. The highest BCUT2D eigenvalue weighted by atomic mass is 35.5. The third-order valence-electron chi connectivity index (χ3n) is 3.61. The first-order chi connectivity index (χ1) is 9.62. The molecule has 2 rings (SSSR count). The van der Waals surface area contributed by atoms with Crippen molar-refractivity contribution in [1.82, 2.24) is 24.6 Å². The van der Waals surface area contributed by atoms with Gasteiger partial charge in [-0.1, -0.05) is 18.5 Å². The van der Waals surface area contributed by atoms with Crippen molar-refractivity contribution < 1.29 is 0 Å². The highest BCUT2D eigenvalue weighted by Gasteiger charge is 2.21. The zero-order valence-electron chi connectivity index (χ0n) is 12.5. The van der Waals surface area contributed by atoms with Gasteiger partial charge in [-0.2, -0.15) is 5.10 Å². The van der Waals surface area contributed by atoms with Crippen LogP contribution in [0.4, 0.5) is 0 Å². The Balaban J connectivity index is 2.32. The summed E-state index contributed by atoms with van der Waals surface area (Å²) in [5, 5.41) is 8.68. The summed E-state index contributed by atoms with van der Waals surface area (Å²) < 4.78 is 4.02. The van der Waals surface area contributed by atoms with Crippen LogP contribution < -0.4 is 5.32 Å². The van der Waals surface area contributed by atoms with E-state index in [0.717, 1.165) is 41.6 Å². The summed E-state index contributed by atoms with van der Waals surface area (Å²) >= 11 is 6.47. The van der Waals surface area contributed by atoms with Crippen LogP contribution in [0.25, 0.3) is 0 Å². The Morgan fingerprint density at radius 3 is 2.65 bits per heavy atom. The van der Waals surface area contributed by atoms with Crippen molar-refractivity contribution in [3.05, 3.63) is 34.6 Å². The fraction of sp³-hybridized carbons (Fsp3) is 0.571. The SMILES string of the molecule is CCc1nn(CC)c(CC(NC)c2nccn2C)c1Cl. The van der Waals surface area contributed by atoms with E-state index < -0.39 is 0 Å². The van der Waals surface area contributed by atoms with Gasteiger partial charge in [-0.15, -0.1) is 0 Å². The molecule has 20 heavy (non-hydrogen) atoms. The van der Waals surface area contributed by atoms with Crippen LogP contribution >= 0.6 is 11.6 Å². The molecule has 0 aromatic carbocycles. The minimum Gasteiger partial charge on any atom is -0.337 e. The minimum atomic E-state index is 0.124. The molecule has 5 nitrogen and oxygen atoms in total. The Kier molecular flexibility index (Phi) is 4.83. The third-order valence-corrected chi connectivity index (χ3v) is 4.05. The molecule has 0 spiro atoms. The molecule has 1 atom stereocenters. The topological polar surface area (TPSA) is 47.7 Å². The number of imidazole rings is 1. The van der Waals surface area contributed by atoms with E-state index in [2.05, 4.69) is 29.2 Å². The van der Waals surface area contributed by atoms with Gasteiger partial charge in [0.2, 0.25) is 0 Å². The smallest absolute Gasteiger partial charge is 0.125 e.